The summed E-state index contributed by atoms with van der Waals surface area (Å²) in [5.41, 5.74) is 3.63. The lowest BCUT2D eigenvalue weighted by atomic mass is 10.0. The molecule has 1 N–H and O–H groups in total. The van der Waals surface area contributed by atoms with E-state index in [2.05, 4.69) is 5.32 Å². The van der Waals surface area contributed by atoms with Gasteiger partial charge in [-0.25, -0.2) is 13.3 Å². The molecule has 3 aromatic carbocycles. The Bertz CT molecular complexity index is 1450. The number of aryl methyl sites for hydroxylation is 1. The van der Waals surface area contributed by atoms with Gasteiger partial charge in [-0.3, -0.25) is 14.4 Å². The van der Waals surface area contributed by atoms with E-state index >= 15 is 0 Å². The fourth-order valence-electron chi connectivity index (χ4n) is 4.41. The molecule has 198 valence electrons. The number of sulfonamides is 1. The van der Waals surface area contributed by atoms with Crippen LogP contribution in [0.3, 0.4) is 0 Å². The van der Waals surface area contributed by atoms with Crippen molar-refractivity contribution in [2.45, 2.75) is 57.5 Å². The minimum absolute atomic E-state index is 0.0429. The highest BCUT2D eigenvalue weighted by atomic mass is 32.2. The molecule has 1 unspecified atom stereocenters. The second-order valence-electron chi connectivity index (χ2n) is 9.77. The predicted molar refractivity (Wildman–Crippen MR) is 146 cm³/mol. The Kier molecular flexibility index (Phi) is 7.80. The van der Waals surface area contributed by atoms with Crippen LogP contribution in [0.5, 0.6) is 0 Å². The summed E-state index contributed by atoms with van der Waals surface area (Å²) in [6, 6.07) is 19.1. The van der Waals surface area contributed by atoms with Crippen LogP contribution in [0.1, 0.15) is 49.8 Å². The number of carbonyl (C=O) groups excluding carboxylic acids is 3. The van der Waals surface area contributed by atoms with Gasteiger partial charge in [-0.1, -0.05) is 55.8 Å². The summed E-state index contributed by atoms with van der Waals surface area (Å²) in [6.45, 7) is 7.30. The maximum absolute atomic E-state index is 13.9. The zero-order valence-electron chi connectivity index (χ0n) is 21.8. The molecule has 38 heavy (non-hydrogen) atoms. The van der Waals surface area contributed by atoms with E-state index in [1.165, 1.54) is 31.2 Å². The average Bonchev–Trinajstić information content (AvgIpc) is 3.16. The smallest absolute Gasteiger partial charge is 0.252 e. The molecular weight excluding hydrogens is 502 g/mol. The summed E-state index contributed by atoms with van der Waals surface area (Å²) < 4.78 is 28.9. The molecule has 3 aromatic rings. The van der Waals surface area contributed by atoms with Gasteiger partial charge in [-0.15, -0.1) is 0 Å². The van der Waals surface area contributed by atoms with Crippen LogP contribution in [0.25, 0.3) is 0 Å². The van der Waals surface area contributed by atoms with Gasteiger partial charge < -0.3 is 5.32 Å². The van der Waals surface area contributed by atoms with E-state index in [1.54, 1.807) is 24.3 Å². The van der Waals surface area contributed by atoms with E-state index in [-0.39, 0.29) is 29.7 Å². The van der Waals surface area contributed by atoms with Gasteiger partial charge in [0.15, 0.2) is 0 Å². The zero-order chi connectivity index (χ0) is 27.6. The van der Waals surface area contributed by atoms with Crippen LogP contribution in [0, 0.1) is 6.92 Å². The number of amides is 3. The Balaban J connectivity index is 1.71. The third-order valence-electron chi connectivity index (χ3n) is 6.53. The molecule has 0 radical (unpaired) electrons. The average molecular weight is 534 g/mol. The second-order valence-corrected chi connectivity index (χ2v) is 11.7. The first-order valence-corrected chi connectivity index (χ1v) is 13.8. The van der Waals surface area contributed by atoms with Gasteiger partial charge in [-0.05, 0) is 60.4 Å². The molecular formula is C29H31N3O5S. The molecule has 8 nitrogen and oxygen atoms in total. The van der Waals surface area contributed by atoms with E-state index in [4.69, 9.17) is 0 Å². The van der Waals surface area contributed by atoms with Gasteiger partial charge in [0.2, 0.25) is 21.8 Å². The number of nitrogens with zero attached hydrogens (tertiary/aromatic N) is 2. The summed E-state index contributed by atoms with van der Waals surface area (Å²) in [4.78, 5) is 39.1. The number of anilines is 2. The first kappa shape index (κ1) is 27.2. The van der Waals surface area contributed by atoms with Gasteiger partial charge in [0.25, 0.3) is 5.91 Å². The Labute approximate surface area is 223 Å². The SMILES string of the molecule is CC(=O)Nc1ccc(S(=O)(=O)N(Cc2ccc(C)cc2)C2CC(=O)N(c3ccc(C(C)C)cc3)C2=O)cc1. The molecule has 1 aliphatic rings. The first-order chi connectivity index (χ1) is 18.0. The van der Waals surface area contributed by atoms with Gasteiger partial charge in [0.05, 0.1) is 17.0 Å². The summed E-state index contributed by atoms with van der Waals surface area (Å²) in [5.74, 6) is -1.03. The van der Waals surface area contributed by atoms with E-state index in [1.807, 2.05) is 45.0 Å². The van der Waals surface area contributed by atoms with E-state index in [9.17, 15) is 22.8 Å². The van der Waals surface area contributed by atoms with Crippen molar-refractivity contribution in [1.82, 2.24) is 4.31 Å². The Morgan fingerprint density at radius 2 is 1.58 bits per heavy atom. The van der Waals surface area contributed by atoms with Crippen LogP contribution in [0.15, 0.2) is 77.7 Å². The molecule has 0 aromatic heterocycles. The van der Waals surface area contributed by atoms with Gasteiger partial charge in [-0.2, -0.15) is 4.31 Å². The Morgan fingerprint density at radius 1 is 0.974 bits per heavy atom. The molecule has 1 heterocycles. The van der Waals surface area contributed by atoms with E-state index in [0.717, 1.165) is 20.3 Å². The molecule has 1 saturated heterocycles. The summed E-state index contributed by atoms with van der Waals surface area (Å²) in [7, 11) is -4.20. The molecule has 0 bridgehead atoms. The van der Waals surface area contributed by atoms with Crippen LogP contribution in [-0.4, -0.2) is 36.5 Å². The highest BCUT2D eigenvalue weighted by Gasteiger charge is 2.47. The van der Waals surface area contributed by atoms with Crippen molar-refractivity contribution in [2.24, 2.45) is 0 Å². The molecule has 0 spiro atoms. The number of nitrogens with one attached hydrogen (secondary N) is 1. The van der Waals surface area contributed by atoms with Crippen molar-refractivity contribution in [3.05, 3.63) is 89.5 Å². The summed E-state index contributed by atoms with van der Waals surface area (Å²) in [5, 5.41) is 2.61. The second kappa shape index (κ2) is 10.9. The van der Waals surface area contributed by atoms with Crippen LogP contribution in [-0.2, 0) is 31.0 Å². The molecule has 4 rings (SSSR count). The number of carbonyl (C=O) groups is 3. The minimum atomic E-state index is -4.20. The topological polar surface area (TPSA) is 104 Å². The maximum Gasteiger partial charge on any atom is 0.252 e. The van der Waals surface area contributed by atoms with Crippen molar-refractivity contribution < 1.29 is 22.8 Å². The molecule has 3 amide bonds. The number of imide groups is 1. The van der Waals surface area contributed by atoms with Gasteiger partial charge in [0, 0.05) is 19.2 Å². The lowest BCUT2D eigenvalue weighted by Gasteiger charge is -2.27. The van der Waals surface area contributed by atoms with Crippen LogP contribution in [0.2, 0.25) is 0 Å². The highest BCUT2D eigenvalue weighted by Crippen LogP contribution is 2.32. The fraction of sp³-hybridized carbons (Fsp3) is 0.276. The standard InChI is InChI=1S/C29H31N3O5S/c1-19(2)23-9-13-25(14-10-23)32-28(34)17-27(29(32)35)31(18-22-7-5-20(3)6-8-22)38(36,37)26-15-11-24(12-16-26)30-21(4)33/h5-16,19,27H,17-18H2,1-4H3,(H,30,33). The van der Waals surface area contributed by atoms with Crippen molar-refractivity contribution in [3.63, 3.8) is 0 Å². The van der Waals surface area contributed by atoms with Crippen molar-refractivity contribution >= 4 is 39.1 Å². The third kappa shape index (κ3) is 5.69. The van der Waals surface area contributed by atoms with Crippen LogP contribution < -0.4 is 10.2 Å². The third-order valence-corrected chi connectivity index (χ3v) is 8.40. The number of hydrogen-bond donors (Lipinski definition) is 1. The van der Waals surface area contributed by atoms with Crippen molar-refractivity contribution in [2.75, 3.05) is 10.2 Å². The minimum Gasteiger partial charge on any atom is -0.326 e. The number of rotatable bonds is 8. The lowest BCUT2D eigenvalue weighted by Crippen LogP contribution is -2.45. The highest BCUT2D eigenvalue weighted by molar-refractivity contribution is 7.89. The molecule has 1 atom stereocenters. The monoisotopic (exact) mass is 533 g/mol. The van der Waals surface area contributed by atoms with E-state index in [0.29, 0.717) is 16.9 Å². The molecule has 0 saturated carbocycles. The van der Waals surface area contributed by atoms with Crippen molar-refractivity contribution in [1.29, 1.82) is 0 Å². The fourth-order valence-corrected chi connectivity index (χ4v) is 5.98. The maximum atomic E-state index is 13.9. The van der Waals surface area contributed by atoms with Gasteiger partial charge >= 0.3 is 0 Å². The summed E-state index contributed by atoms with van der Waals surface area (Å²) in [6.07, 6.45) is -0.264. The number of hydrogen-bond acceptors (Lipinski definition) is 5. The predicted octanol–water partition coefficient (Wildman–Crippen LogP) is 4.60. The number of benzene rings is 3. The van der Waals surface area contributed by atoms with Crippen LogP contribution in [0.4, 0.5) is 11.4 Å². The van der Waals surface area contributed by atoms with Crippen molar-refractivity contribution in [3.8, 4) is 0 Å². The Hall–Kier alpha value is -3.82. The largest absolute Gasteiger partial charge is 0.326 e. The van der Waals surface area contributed by atoms with Gasteiger partial charge in [0.1, 0.15) is 6.04 Å². The molecule has 1 aliphatic heterocycles. The molecule has 9 heteroatoms. The Morgan fingerprint density at radius 3 is 2.13 bits per heavy atom. The molecule has 1 fully saturated rings. The van der Waals surface area contributed by atoms with Crippen LogP contribution >= 0.6 is 0 Å². The first-order valence-electron chi connectivity index (χ1n) is 12.4. The van der Waals surface area contributed by atoms with E-state index < -0.39 is 27.9 Å². The lowest BCUT2D eigenvalue weighted by molar-refractivity contribution is -0.122. The molecule has 0 aliphatic carbocycles. The quantitative estimate of drug-likeness (QED) is 0.426. The summed E-state index contributed by atoms with van der Waals surface area (Å²) >= 11 is 0. The zero-order valence-corrected chi connectivity index (χ0v) is 22.7. The normalized spacial score (nSPS) is 15.9.